The third-order valence-electron chi connectivity index (χ3n) is 1.61. The van der Waals surface area contributed by atoms with Crippen LogP contribution in [0.25, 0.3) is 0 Å². The average Bonchev–Trinajstić information content (AvgIpc) is 2.14. The molecular formula is C11H12F2NO. The molecule has 15 heavy (non-hydrogen) atoms. The van der Waals surface area contributed by atoms with Crippen LogP contribution in [0.1, 0.15) is 19.4 Å². The van der Waals surface area contributed by atoms with Crippen LogP contribution in [0.15, 0.2) is 23.4 Å². The van der Waals surface area contributed by atoms with Crippen LogP contribution >= 0.6 is 0 Å². The van der Waals surface area contributed by atoms with Gasteiger partial charge in [-0.15, -0.1) is 0 Å². The van der Waals surface area contributed by atoms with E-state index >= 15 is 0 Å². The van der Waals surface area contributed by atoms with Gasteiger partial charge in [-0.2, -0.15) is 0 Å². The van der Waals surface area contributed by atoms with E-state index in [1.165, 1.54) is 12.1 Å². The minimum atomic E-state index is -0.630. The molecule has 2 nitrogen and oxygen atoms in total. The first-order valence-electron chi connectivity index (χ1n) is 4.61. The van der Waals surface area contributed by atoms with E-state index < -0.39 is 11.6 Å². The first-order chi connectivity index (χ1) is 7.09. The quantitative estimate of drug-likeness (QED) is 0.555. The summed E-state index contributed by atoms with van der Waals surface area (Å²) >= 11 is 0. The highest BCUT2D eigenvalue weighted by Gasteiger charge is 2.03. The minimum Gasteiger partial charge on any atom is -0.391 e. The standard InChI is InChI=1S/C11H12F2NO/c1-8(2)6-14-15-7-9-3-4-10(12)5-11(9)13/h3-5,8H,7H2,1-2H3. The highest BCUT2D eigenvalue weighted by molar-refractivity contribution is 5.58. The monoisotopic (exact) mass is 212 g/mol. The Hall–Kier alpha value is -1.45. The van der Waals surface area contributed by atoms with Crippen LogP contribution in [-0.4, -0.2) is 6.21 Å². The van der Waals surface area contributed by atoms with Crippen LogP contribution < -0.4 is 0 Å². The van der Waals surface area contributed by atoms with Crippen molar-refractivity contribution >= 4 is 6.21 Å². The number of rotatable bonds is 4. The largest absolute Gasteiger partial charge is 0.391 e. The van der Waals surface area contributed by atoms with Crippen molar-refractivity contribution in [3.63, 3.8) is 0 Å². The number of benzene rings is 1. The molecule has 0 saturated heterocycles. The van der Waals surface area contributed by atoms with Crippen LogP contribution in [0, 0.1) is 17.6 Å². The SMILES string of the molecule is CC(C)/[C]=N\OCc1ccc(F)cc1F. The summed E-state index contributed by atoms with van der Waals surface area (Å²) in [5, 5.41) is 3.52. The van der Waals surface area contributed by atoms with Crippen molar-refractivity contribution in [3.05, 3.63) is 35.4 Å². The van der Waals surface area contributed by atoms with E-state index in [2.05, 4.69) is 11.4 Å². The fourth-order valence-corrected chi connectivity index (χ4v) is 0.883. The normalized spacial score (nSPS) is 11.3. The van der Waals surface area contributed by atoms with Gasteiger partial charge >= 0.3 is 0 Å². The van der Waals surface area contributed by atoms with Crippen LogP contribution in [0.2, 0.25) is 0 Å². The molecule has 0 atom stereocenters. The van der Waals surface area contributed by atoms with Gasteiger partial charge in [0.25, 0.3) is 0 Å². The Kier molecular flexibility index (Phi) is 4.21. The molecule has 1 aromatic carbocycles. The zero-order valence-electron chi connectivity index (χ0n) is 8.63. The molecule has 0 saturated carbocycles. The van der Waals surface area contributed by atoms with Crippen molar-refractivity contribution in [2.24, 2.45) is 11.1 Å². The van der Waals surface area contributed by atoms with Crippen LogP contribution in [0.3, 0.4) is 0 Å². The summed E-state index contributed by atoms with van der Waals surface area (Å²) in [7, 11) is 0. The van der Waals surface area contributed by atoms with Crippen molar-refractivity contribution in [2.45, 2.75) is 20.5 Å². The van der Waals surface area contributed by atoms with E-state index in [1.807, 2.05) is 13.8 Å². The van der Waals surface area contributed by atoms with Crippen LogP contribution in [-0.2, 0) is 11.4 Å². The molecule has 1 radical (unpaired) electrons. The van der Waals surface area contributed by atoms with E-state index in [1.54, 1.807) is 0 Å². The minimum absolute atomic E-state index is 0.0220. The molecule has 1 rings (SSSR count). The molecule has 0 aliphatic heterocycles. The molecule has 0 N–H and O–H groups in total. The van der Waals surface area contributed by atoms with Crippen LogP contribution in [0.5, 0.6) is 0 Å². The van der Waals surface area contributed by atoms with Gasteiger partial charge in [0.2, 0.25) is 0 Å². The molecule has 0 amide bonds. The van der Waals surface area contributed by atoms with Gasteiger partial charge in [-0.3, -0.25) is 0 Å². The second-order valence-electron chi connectivity index (χ2n) is 3.38. The Morgan fingerprint density at radius 1 is 1.40 bits per heavy atom. The predicted octanol–water partition coefficient (Wildman–Crippen LogP) is 3.00. The molecule has 0 aliphatic rings. The molecule has 0 aromatic heterocycles. The Morgan fingerprint density at radius 3 is 2.73 bits per heavy atom. The first kappa shape index (κ1) is 11.6. The Balaban J connectivity index is 2.51. The summed E-state index contributed by atoms with van der Waals surface area (Å²) < 4.78 is 25.6. The van der Waals surface area contributed by atoms with Crippen LogP contribution in [0.4, 0.5) is 8.78 Å². The van der Waals surface area contributed by atoms with Gasteiger partial charge in [-0.25, -0.2) is 8.78 Å². The second kappa shape index (κ2) is 5.44. The van der Waals surface area contributed by atoms with Gasteiger partial charge in [0.05, 0.1) is 0 Å². The van der Waals surface area contributed by atoms with Crippen molar-refractivity contribution in [2.75, 3.05) is 0 Å². The van der Waals surface area contributed by atoms with Gasteiger partial charge in [0.1, 0.15) is 24.5 Å². The maximum atomic E-state index is 13.1. The van der Waals surface area contributed by atoms with Gasteiger partial charge < -0.3 is 4.84 Å². The van der Waals surface area contributed by atoms with Gasteiger partial charge in [-0.05, 0) is 12.1 Å². The highest BCUT2D eigenvalue weighted by atomic mass is 19.1. The van der Waals surface area contributed by atoms with Crippen molar-refractivity contribution in [1.82, 2.24) is 0 Å². The lowest BCUT2D eigenvalue weighted by Crippen LogP contribution is -1.94. The molecule has 4 heteroatoms. The predicted molar refractivity (Wildman–Crippen MR) is 53.4 cm³/mol. The van der Waals surface area contributed by atoms with Crippen molar-refractivity contribution < 1.29 is 13.6 Å². The maximum absolute atomic E-state index is 13.1. The van der Waals surface area contributed by atoms with Crippen molar-refractivity contribution in [1.29, 1.82) is 0 Å². The number of hydrogen-bond donors (Lipinski definition) is 0. The van der Waals surface area contributed by atoms with Crippen molar-refractivity contribution in [3.8, 4) is 0 Å². The Labute approximate surface area is 87.6 Å². The first-order valence-corrected chi connectivity index (χ1v) is 4.61. The van der Waals surface area contributed by atoms with Gasteiger partial charge in [0.15, 0.2) is 0 Å². The molecule has 0 heterocycles. The summed E-state index contributed by atoms with van der Waals surface area (Å²) in [6.45, 7) is 3.77. The fraction of sp³-hybridized carbons (Fsp3) is 0.364. The lowest BCUT2D eigenvalue weighted by atomic mass is 10.2. The second-order valence-corrected chi connectivity index (χ2v) is 3.38. The zero-order valence-corrected chi connectivity index (χ0v) is 8.63. The lowest BCUT2D eigenvalue weighted by molar-refractivity contribution is 0.128. The highest BCUT2D eigenvalue weighted by Crippen LogP contribution is 2.10. The number of hydrogen-bond acceptors (Lipinski definition) is 2. The molecule has 0 spiro atoms. The molecule has 1 aromatic rings. The summed E-state index contributed by atoms with van der Waals surface area (Å²) in [4.78, 5) is 4.80. The molecule has 0 unspecified atom stereocenters. The molecule has 81 valence electrons. The van der Waals surface area contributed by atoms with E-state index in [4.69, 9.17) is 4.84 Å². The average molecular weight is 212 g/mol. The molecule has 0 bridgehead atoms. The Bertz CT molecular complexity index is 350. The summed E-state index contributed by atoms with van der Waals surface area (Å²) in [5.74, 6) is -1.08. The van der Waals surface area contributed by atoms with E-state index in [0.717, 1.165) is 6.07 Å². The third kappa shape index (κ3) is 4.06. The lowest BCUT2D eigenvalue weighted by Gasteiger charge is -2.01. The third-order valence-corrected chi connectivity index (χ3v) is 1.61. The van der Waals surface area contributed by atoms with E-state index in [9.17, 15) is 8.78 Å². The van der Waals surface area contributed by atoms with Gasteiger partial charge in [-0.1, -0.05) is 19.0 Å². The number of nitrogens with zero attached hydrogens (tertiary/aromatic N) is 1. The van der Waals surface area contributed by atoms with E-state index in [-0.39, 0.29) is 18.1 Å². The topological polar surface area (TPSA) is 21.6 Å². The number of halogens is 2. The van der Waals surface area contributed by atoms with Gasteiger partial charge in [0, 0.05) is 17.5 Å². The molecule has 0 fully saturated rings. The maximum Gasteiger partial charge on any atom is 0.145 e. The smallest absolute Gasteiger partial charge is 0.145 e. The summed E-state index contributed by atoms with van der Waals surface area (Å²) in [5.41, 5.74) is 0.269. The molecule has 0 aliphatic carbocycles. The summed E-state index contributed by atoms with van der Waals surface area (Å²) in [6, 6.07) is 3.32. The fourth-order valence-electron chi connectivity index (χ4n) is 0.883. The molecular weight excluding hydrogens is 200 g/mol. The van der Waals surface area contributed by atoms with E-state index in [0.29, 0.717) is 0 Å². The zero-order chi connectivity index (χ0) is 11.3. The summed E-state index contributed by atoms with van der Waals surface area (Å²) in [6.07, 6.45) is 2.65. The Morgan fingerprint density at radius 2 is 2.13 bits per heavy atom.